The van der Waals surface area contributed by atoms with Crippen LogP contribution in [0.3, 0.4) is 0 Å². The predicted molar refractivity (Wildman–Crippen MR) is 117 cm³/mol. The lowest BCUT2D eigenvalue weighted by atomic mass is 9.73. The monoisotopic (exact) mass is 428 g/mol. The molecule has 7 heteroatoms. The van der Waals surface area contributed by atoms with Crippen molar-refractivity contribution in [3.05, 3.63) is 74.9 Å². The van der Waals surface area contributed by atoms with Gasteiger partial charge in [0.1, 0.15) is 11.4 Å². The van der Waals surface area contributed by atoms with Gasteiger partial charge < -0.3 is 9.80 Å². The van der Waals surface area contributed by atoms with Crippen LogP contribution in [0, 0.1) is 28.0 Å². The summed E-state index contributed by atoms with van der Waals surface area (Å²) >= 11 is 6.17. The fourth-order valence-corrected chi connectivity index (χ4v) is 4.61. The molecule has 0 amide bonds. The first-order valence-electron chi connectivity index (χ1n) is 10.0. The van der Waals surface area contributed by atoms with E-state index in [1.807, 2.05) is 26.2 Å². The van der Waals surface area contributed by atoms with Crippen LogP contribution in [-0.2, 0) is 12.0 Å². The highest BCUT2D eigenvalue weighted by atomic mass is 35.5. The van der Waals surface area contributed by atoms with Crippen molar-refractivity contribution < 1.29 is 4.39 Å². The lowest BCUT2D eigenvalue weighted by Crippen LogP contribution is -2.52. The normalized spacial score (nSPS) is 22.1. The van der Waals surface area contributed by atoms with Gasteiger partial charge in [-0.3, -0.25) is 0 Å². The number of rotatable bonds is 7. The van der Waals surface area contributed by atoms with Crippen LogP contribution in [0.25, 0.3) is 0 Å². The van der Waals surface area contributed by atoms with E-state index in [2.05, 4.69) is 21.0 Å². The first-order valence-corrected chi connectivity index (χ1v) is 10.4. The number of hydrogen-bond donors (Lipinski definition) is 0. The van der Waals surface area contributed by atoms with Crippen molar-refractivity contribution in [2.45, 2.75) is 18.4 Å². The SMILES string of the molecule is CN(C)CC1CN(CCc2ccc(F)cc2Cl)CCC1(N=O)c1cccc(C#N)c1. The van der Waals surface area contributed by atoms with Crippen molar-refractivity contribution >= 4 is 11.6 Å². The van der Waals surface area contributed by atoms with Gasteiger partial charge in [-0.1, -0.05) is 35.0 Å². The molecular weight excluding hydrogens is 403 g/mol. The van der Waals surface area contributed by atoms with E-state index in [9.17, 15) is 14.6 Å². The molecular formula is C23H26ClFN4O. The Labute approximate surface area is 182 Å². The molecule has 0 aliphatic carbocycles. The number of nitroso groups, excluding NO2 is 1. The van der Waals surface area contributed by atoms with E-state index in [-0.39, 0.29) is 11.7 Å². The number of nitriles is 1. The Balaban J connectivity index is 1.80. The van der Waals surface area contributed by atoms with Crippen LogP contribution in [0.4, 0.5) is 4.39 Å². The fourth-order valence-electron chi connectivity index (χ4n) is 4.35. The molecule has 30 heavy (non-hydrogen) atoms. The molecule has 1 aliphatic heterocycles. The first kappa shape index (κ1) is 22.4. The number of benzene rings is 2. The topological polar surface area (TPSA) is 59.7 Å². The summed E-state index contributed by atoms with van der Waals surface area (Å²) in [5, 5.41) is 13.4. The molecule has 3 rings (SSSR count). The van der Waals surface area contributed by atoms with E-state index in [0.29, 0.717) is 43.1 Å². The van der Waals surface area contributed by atoms with E-state index in [0.717, 1.165) is 17.7 Å². The van der Waals surface area contributed by atoms with Crippen LogP contribution in [0.2, 0.25) is 5.02 Å². The summed E-state index contributed by atoms with van der Waals surface area (Å²) in [6.45, 7) is 2.89. The van der Waals surface area contributed by atoms with Crippen LogP contribution < -0.4 is 0 Å². The molecule has 2 unspecified atom stereocenters. The smallest absolute Gasteiger partial charge is 0.134 e. The maximum Gasteiger partial charge on any atom is 0.134 e. The Morgan fingerprint density at radius 2 is 2.13 bits per heavy atom. The van der Waals surface area contributed by atoms with Gasteiger partial charge >= 0.3 is 0 Å². The summed E-state index contributed by atoms with van der Waals surface area (Å²) in [4.78, 5) is 16.6. The Hall–Kier alpha value is -2.33. The lowest BCUT2D eigenvalue weighted by Gasteiger charge is -2.45. The zero-order valence-corrected chi connectivity index (χ0v) is 18.1. The minimum absolute atomic E-state index is 0.0172. The standard InChI is InChI=1S/C23H26ClFN4O/c1-28(2)15-20-16-29(10-8-18-6-7-21(25)13-22(18)24)11-9-23(20,27-30)19-5-3-4-17(12-19)14-26/h3-7,12-13,20H,8-11,15-16H2,1-2H3. The van der Waals surface area contributed by atoms with Crippen LogP contribution in [0.5, 0.6) is 0 Å². The van der Waals surface area contributed by atoms with Gasteiger partial charge in [-0.25, -0.2) is 4.39 Å². The molecule has 1 saturated heterocycles. The summed E-state index contributed by atoms with van der Waals surface area (Å²) < 4.78 is 13.3. The molecule has 1 fully saturated rings. The molecule has 2 aromatic carbocycles. The average Bonchev–Trinajstić information content (AvgIpc) is 2.73. The molecule has 5 nitrogen and oxygen atoms in total. The summed E-state index contributed by atoms with van der Waals surface area (Å²) in [5.41, 5.74) is 1.40. The number of nitrogens with zero attached hydrogens (tertiary/aromatic N) is 4. The molecule has 0 bridgehead atoms. The van der Waals surface area contributed by atoms with Gasteiger partial charge in [-0.05, 0) is 62.3 Å². The van der Waals surface area contributed by atoms with Crippen molar-refractivity contribution in [2.75, 3.05) is 40.3 Å². The van der Waals surface area contributed by atoms with Gasteiger partial charge in [0.2, 0.25) is 0 Å². The Kier molecular flexibility index (Phi) is 7.19. The zero-order valence-electron chi connectivity index (χ0n) is 17.3. The molecule has 0 saturated carbocycles. The second-order valence-corrected chi connectivity index (χ2v) is 8.61. The van der Waals surface area contributed by atoms with E-state index in [1.54, 1.807) is 18.2 Å². The highest BCUT2D eigenvalue weighted by Crippen LogP contribution is 2.41. The van der Waals surface area contributed by atoms with Crippen molar-refractivity contribution in [3.63, 3.8) is 0 Å². The molecule has 0 N–H and O–H groups in total. The summed E-state index contributed by atoms with van der Waals surface area (Å²) in [6.07, 6.45) is 1.29. The Bertz CT molecular complexity index is 945. The number of likely N-dealkylation sites (tertiary alicyclic amines) is 1. The van der Waals surface area contributed by atoms with Crippen LogP contribution in [0.1, 0.15) is 23.1 Å². The predicted octanol–water partition coefficient (Wildman–Crippen LogP) is 4.44. The van der Waals surface area contributed by atoms with Gasteiger partial charge in [0.05, 0.1) is 11.6 Å². The van der Waals surface area contributed by atoms with Crippen molar-refractivity contribution in [2.24, 2.45) is 11.1 Å². The van der Waals surface area contributed by atoms with Crippen LogP contribution >= 0.6 is 11.6 Å². The van der Waals surface area contributed by atoms with E-state index in [4.69, 9.17) is 11.6 Å². The molecule has 0 spiro atoms. The third-order valence-electron chi connectivity index (χ3n) is 5.92. The van der Waals surface area contributed by atoms with Gasteiger partial charge in [0.15, 0.2) is 0 Å². The Morgan fingerprint density at radius 3 is 2.80 bits per heavy atom. The second-order valence-electron chi connectivity index (χ2n) is 8.20. The quantitative estimate of drug-likeness (QED) is 0.612. The van der Waals surface area contributed by atoms with E-state index in [1.165, 1.54) is 12.1 Å². The lowest BCUT2D eigenvalue weighted by molar-refractivity contribution is 0.0758. The molecule has 1 heterocycles. The summed E-state index contributed by atoms with van der Waals surface area (Å²) in [6, 6.07) is 13.9. The number of hydrogen-bond acceptors (Lipinski definition) is 5. The third kappa shape index (κ3) is 4.86. The molecule has 158 valence electrons. The maximum absolute atomic E-state index is 13.3. The molecule has 2 atom stereocenters. The van der Waals surface area contributed by atoms with Crippen LogP contribution in [-0.4, -0.2) is 50.1 Å². The summed E-state index contributed by atoms with van der Waals surface area (Å²) in [5.74, 6) is -0.356. The van der Waals surface area contributed by atoms with Crippen LogP contribution in [0.15, 0.2) is 47.6 Å². The highest BCUT2D eigenvalue weighted by Gasteiger charge is 2.46. The Morgan fingerprint density at radius 1 is 1.33 bits per heavy atom. The molecule has 0 radical (unpaired) electrons. The molecule has 2 aromatic rings. The van der Waals surface area contributed by atoms with Gasteiger partial charge in [-0.15, -0.1) is 4.91 Å². The highest BCUT2D eigenvalue weighted by molar-refractivity contribution is 6.31. The molecule has 0 aromatic heterocycles. The van der Waals surface area contributed by atoms with Crippen molar-refractivity contribution in [3.8, 4) is 6.07 Å². The largest absolute Gasteiger partial charge is 0.309 e. The fraction of sp³-hybridized carbons (Fsp3) is 0.435. The molecule has 1 aliphatic rings. The zero-order chi connectivity index (χ0) is 21.7. The van der Waals surface area contributed by atoms with Gasteiger partial charge in [0.25, 0.3) is 0 Å². The second kappa shape index (κ2) is 9.65. The van der Waals surface area contributed by atoms with E-state index >= 15 is 0 Å². The minimum atomic E-state index is -0.860. The summed E-state index contributed by atoms with van der Waals surface area (Å²) in [7, 11) is 3.97. The van der Waals surface area contributed by atoms with Gasteiger partial charge in [0, 0.05) is 37.1 Å². The number of piperidine rings is 1. The van der Waals surface area contributed by atoms with Gasteiger partial charge in [-0.2, -0.15) is 5.26 Å². The maximum atomic E-state index is 13.3. The van der Waals surface area contributed by atoms with Crippen molar-refractivity contribution in [1.82, 2.24) is 9.80 Å². The first-order chi connectivity index (χ1) is 14.4. The minimum Gasteiger partial charge on any atom is -0.309 e. The average molecular weight is 429 g/mol. The number of halogens is 2. The van der Waals surface area contributed by atoms with E-state index < -0.39 is 5.54 Å². The third-order valence-corrected chi connectivity index (χ3v) is 6.27. The van der Waals surface area contributed by atoms with Crippen molar-refractivity contribution in [1.29, 1.82) is 5.26 Å².